The topological polar surface area (TPSA) is 138 Å². The molecule has 1 fully saturated rings. The highest BCUT2D eigenvalue weighted by molar-refractivity contribution is 7.89. The molecule has 0 spiro atoms. The highest BCUT2D eigenvalue weighted by atomic mass is 32.2. The number of fused-ring (bicyclic) bond motifs is 1. The Balaban J connectivity index is 1.56. The number of ether oxygens (including phenoxy) is 1. The SMILES string of the molecule is CC(C(=O)Nc1ccc(S(=O)(=O)N2CCOCC2)cc1)n1cnc2c1c(=O)n(C)c(=O)n2C. The number of hydrogen-bond donors (Lipinski definition) is 1. The number of aryl methyl sites for hydroxylation is 1. The van der Waals surface area contributed by atoms with E-state index in [9.17, 15) is 22.8 Å². The standard InChI is InChI=1S/C20H24N6O6S/c1-13(26-12-21-17-16(26)19(28)24(3)20(29)23(17)2)18(27)22-14-4-6-15(7-5-14)33(30,31)25-8-10-32-11-9-25/h4-7,12-13H,8-11H2,1-3H3,(H,22,27). The molecule has 3 heterocycles. The van der Waals surface area contributed by atoms with Gasteiger partial charge in [-0.25, -0.2) is 18.2 Å². The Bertz CT molecular complexity index is 1430. The second-order valence-electron chi connectivity index (χ2n) is 7.74. The van der Waals surface area contributed by atoms with E-state index in [2.05, 4.69) is 10.3 Å². The van der Waals surface area contributed by atoms with Crippen LogP contribution in [0, 0.1) is 0 Å². The third kappa shape index (κ3) is 3.98. The minimum absolute atomic E-state index is 0.125. The van der Waals surface area contributed by atoms with E-state index in [1.165, 1.54) is 58.1 Å². The Hall–Kier alpha value is -3.29. The van der Waals surface area contributed by atoms with Gasteiger partial charge in [0.1, 0.15) is 6.04 Å². The molecule has 0 saturated carbocycles. The van der Waals surface area contributed by atoms with Crippen molar-refractivity contribution in [2.75, 3.05) is 31.6 Å². The van der Waals surface area contributed by atoms with E-state index >= 15 is 0 Å². The molecule has 0 aliphatic carbocycles. The van der Waals surface area contributed by atoms with Crippen molar-refractivity contribution in [1.82, 2.24) is 23.0 Å². The second-order valence-corrected chi connectivity index (χ2v) is 9.67. The predicted molar refractivity (Wildman–Crippen MR) is 120 cm³/mol. The molecule has 1 unspecified atom stereocenters. The van der Waals surface area contributed by atoms with E-state index in [-0.39, 0.29) is 16.1 Å². The van der Waals surface area contributed by atoms with Gasteiger partial charge in [-0.05, 0) is 31.2 Å². The number of nitrogens with zero attached hydrogens (tertiary/aromatic N) is 5. The molecular weight excluding hydrogens is 452 g/mol. The number of amides is 1. The normalized spacial score (nSPS) is 16.1. The lowest BCUT2D eigenvalue weighted by Gasteiger charge is -2.26. The fourth-order valence-corrected chi connectivity index (χ4v) is 5.08. The first-order chi connectivity index (χ1) is 15.6. The van der Waals surface area contributed by atoms with Gasteiger partial charge in [0.15, 0.2) is 11.2 Å². The molecular formula is C20H24N6O6S. The lowest BCUT2D eigenvalue weighted by molar-refractivity contribution is -0.118. The molecule has 1 saturated heterocycles. The van der Waals surface area contributed by atoms with Crippen LogP contribution in [0.5, 0.6) is 0 Å². The number of benzene rings is 1. The molecule has 4 rings (SSSR count). The Morgan fingerprint density at radius 1 is 1.09 bits per heavy atom. The third-order valence-electron chi connectivity index (χ3n) is 5.70. The summed E-state index contributed by atoms with van der Waals surface area (Å²) in [5.41, 5.74) is -0.350. The summed E-state index contributed by atoms with van der Waals surface area (Å²) in [7, 11) is -0.778. The average molecular weight is 477 g/mol. The van der Waals surface area contributed by atoms with Gasteiger partial charge in [-0.15, -0.1) is 0 Å². The number of morpholine rings is 1. The molecule has 2 aromatic heterocycles. The summed E-state index contributed by atoms with van der Waals surface area (Å²) in [5, 5.41) is 2.72. The van der Waals surface area contributed by atoms with E-state index in [1.54, 1.807) is 6.92 Å². The van der Waals surface area contributed by atoms with Crippen LogP contribution >= 0.6 is 0 Å². The average Bonchev–Trinajstić information content (AvgIpc) is 3.27. The molecule has 1 amide bonds. The van der Waals surface area contributed by atoms with Gasteiger partial charge in [-0.1, -0.05) is 0 Å². The summed E-state index contributed by atoms with van der Waals surface area (Å²) in [6.07, 6.45) is 1.34. The Labute approximate surface area is 189 Å². The summed E-state index contributed by atoms with van der Waals surface area (Å²) < 4.78 is 35.6. The van der Waals surface area contributed by atoms with Crippen LogP contribution in [-0.4, -0.2) is 63.6 Å². The number of hydrogen-bond acceptors (Lipinski definition) is 7. The van der Waals surface area contributed by atoms with Gasteiger partial charge in [0.2, 0.25) is 15.9 Å². The summed E-state index contributed by atoms with van der Waals surface area (Å²) in [6.45, 7) is 2.89. The van der Waals surface area contributed by atoms with E-state index in [1.807, 2.05) is 0 Å². The van der Waals surface area contributed by atoms with Gasteiger partial charge >= 0.3 is 5.69 Å². The van der Waals surface area contributed by atoms with Crippen molar-refractivity contribution in [3.8, 4) is 0 Å². The minimum Gasteiger partial charge on any atom is -0.379 e. The van der Waals surface area contributed by atoms with Crippen molar-refractivity contribution in [3.05, 3.63) is 51.4 Å². The molecule has 1 N–H and O–H groups in total. The van der Waals surface area contributed by atoms with Crippen LogP contribution in [0.3, 0.4) is 0 Å². The van der Waals surface area contributed by atoms with Gasteiger partial charge in [0, 0.05) is 32.9 Å². The van der Waals surface area contributed by atoms with E-state index in [0.29, 0.717) is 32.0 Å². The number of rotatable bonds is 5. The Morgan fingerprint density at radius 2 is 1.73 bits per heavy atom. The number of anilines is 1. The molecule has 0 radical (unpaired) electrons. The molecule has 33 heavy (non-hydrogen) atoms. The lowest BCUT2D eigenvalue weighted by atomic mass is 10.2. The summed E-state index contributed by atoms with van der Waals surface area (Å²) in [5.74, 6) is -0.436. The maximum atomic E-state index is 12.9. The second kappa shape index (κ2) is 8.57. The number of nitrogens with one attached hydrogen (secondary N) is 1. The summed E-state index contributed by atoms with van der Waals surface area (Å²) in [6, 6.07) is 5.06. The minimum atomic E-state index is -3.64. The number of imidazole rings is 1. The van der Waals surface area contributed by atoms with E-state index in [4.69, 9.17) is 4.74 Å². The van der Waals surface area contributed by atoms with Crippen LogP contribution in [0.4, 0.5) is 5.69 Å². The van der Waals surface area contributed by atoms with Crippen molar-refractivity contribution < 1.29 is 17.9 Å². The van der Waals surface area contributed by atoms with E-state index < -0.39 is 33.2 Å². The Kier molecular flexibility index (Phi) is 5.95. The first-order valence-corrected chi connectivity index (χ1v) is 11.7. The molecule has 1 aliphatic heterocycles. The van der Waals surface area contributed by atoms with Gasteiger partial charge < -0.3 is 14.6 Å². The molecule has 12 nitrogen and oxygen atoms in total. The van der Waals surface area contributed by atoms with Crippen LogP contribution in [0.1, 0.15) is 13.0 Å². The smallest absolute Gasteiger partial charge is 0.332 e. The fraction of sp³-hybridized carbons (Fsp3) is 0.400. The predicted octanol–water partition coefficient (Wildman–Crippen LogP) is -0.346. The van der Waals surface area contributed by atoms with Crippen molar-refractivity contribution in [2.24, 2.45) is 14.1 Å². The molecule has 1 aliphatic rings. The zero-order chi connectivity index (χ0) is 23.9. The van der Waals surface area contributed by atoms with Gasteiger partial charge in [0.05, 0.1) is 24.4 Å². The number of carbonyl (C=O) groups excluding carboxylic acids is 1. The molecule has 13 heteroatoms. The summed E-state index contributed by atoms with van der Waals surface area (Å²) in [4.78, 5) is 41.8. The molecule has 3 aromatic rings. The van der Waals surface area contributed by atoms with Crippen molar-refractivity contribution in [1.29, 1.82) is 0 Å². The number of aromatic nitrogens is 4. The van der Waals surface area contributed by atoms with Crippen molar-refractivity contribution in [3.63, 3.8) is 0 Å². The van der Waals surface area contributed by atoms with Crippen LogP contribution in [0.2, 0.25) is 0 Å². The van der Waals surface area contributed by atoms with Crippen LogP contribution in [-0.2, 0) is 33.7 Å². The third-order valence-corrected chi connectivity index (χ3v) is 7.61. The first-order valence-electron chi connectivity index (χ1n) is 10.2. The first kappa shape index (κ1) is 22.9. The van der Waals surface area contributed by atoms with Crippen molar-refractivity contribution in [2.45, 2.75) is 17.9 Å². The van der Waals surface area contributed by atoms with Crippen LogP contribution in [0.25, 0.3) is 11.2 Å². The molecule has 176 valence electrons. The molecule has 1 atom stereocenters. The zero-order valence-corrected chi connectivity index (χ0v) is 19.2. The lowest BCUT2D eigenvalue weighted by Crippen LogP contribution is -2.40. The van der Waals surface area contributed by atoms with Crippen LogP contribution in [0.15, 0.2) is 45.1 Å². The highest BCUT2D eigenvalue weighted by Gasteiger charge is 2.26. The Morgan fingerprint density at radius 3 is 2.36 bits per heavy atom. The van der Waals surface area contributed by atoms with Crippen LogP contribution < -0.4 is 16.6 Å². The fourth-order valence-electron chi connectivity index (χ4n) is 3.68. The van der Waals surface area contributed by atoms with Gasteiger partial charge in [-0.3, -0.25) is 18.7 Å². The van der Waals surface area contributed by atoms with E-state index in [0.717, 1.165) is 4.57 Å². The van der Waals surface area contributed by atoms with Gasteiger partial charge in [-0.2, -0.15) is 4.31 Å². The largest absolute Gasteiger partial charge is 0.379 e. The molecule has 1 aromatic carbocycles. The zero-order valence-electron chi connectivity index (χ0n) is 18.4. The number of carbonyl (C=O) groups is 1. The maximum absolute atomic E-state index is 12.9. The number of sulfonamides is 1. The van der Waals surface area contributed by atoms with Crippen molar-refractivity contribution >= 4 is 32.8 Å². The van der Waals surface area contributed by atoms with Gasteiger partial charge in [0.25, 0.3) is 5.56 Å². The maximum Gasteiger partial charge on any atom is 0.332 e. The monoisotopic (exact) mass is 476 g/mol. The molecule has 0 bridgehead atoms. The quantitative estimate of drug-likeness (QED) is 0.531. The summed E-state index contributed by atoms with van der Waals surface area (Å²) >= 11 is 0. The highest BCUT2D eigenvalue weighted by Crippen LogP contribution is 2.21.